The van der Waals surface area contributed by atoms with E-state index in [1.54, 1.807) is 6.20 Å². The number of amides is 1. The number of imidazole rings is 1. The summed E-state index contributed by atoms with van der Waals surface area (Å²) < 4.78 is 40.2. The van der Waals surface area contributed by atoms with Crippen molar-refractivity contribution < 1.29 is 18.0 Å². The number of piperidine rings is 1. The van der Waals surface area contributed by atoms with E-state index in [2.05, 4.69) is 10.3 Å². The summed E-state index contributed by atoms with van der Waals surface area (Å²) in [5.41, 5.74) is 0.224. The maximum absolute atomic E-state index is 12.8. The van der Waals surface area contributed by atoms with Crippen molar-refractivity contribution in [2.24, 2.45) is 5.92 Å². The minimum absolute atomic E-state index is 0.0918. The van der Waals surface area contributed by atoms with Crippen LogP contribution in [0.15, 0.2) is 6.20 Å². The van der Waals surface area contributed by atoms with Crippen LogP contribution in [0.4, 0.5) is 19.1 Å². The fourth-order valence-corrected chi connectivity index (χ4v) is 2.87. The van der Waals surface area contributed by atoms with E-state index in [1.807, 2.05) is 4.57 Å². The van der Waals surface area contributed by atoms with Gasteiger partial charge in [-0.15, -0.1) is 0 Å². The van der Waals surface area contributed by atoms with Crippen LogP contribution >= 0.6 is 0 Å². The minimum atomic E-state index is -4.24. The lowest BCUT2D eigenvalue weighted by Gasteiger charge is -2.33. The van der Waals surface area contributed by atoms with Crippen molar-refractivity contribution in [1.29, 1.82) is 0 Å². The molecule has 2 aliphatic rings. The largest absolute Gasteiger partial charge is 0.393 e. The van der Waals surface area contributed by atoms with Crippen LogP contribution in [-0.2, 0) is 6.54 Å². The Balaban J connectivity index is 1.74. The Kier molecular flexibility index (Phi) is 3.54. The van der Waals surface area contributed by atoms with Crippen molar-refractivity contribution in [3.63, 3.8) is 0 Å². The summed E-state index contributed by atoms with van der Waals surface area (Å²) in [5, 5.41) is 3.07. The number of fused-ring (bicyclic) bond motifs is 1. The SMILES string of the molecule is O=C(c1cn2c(n1)NCCC2)N1CCCC(C(F)(F)F)C1. The topological polar surface area (TPSA) is 50.2 Å². The van der Waals surface area contributed by atoms with Gasteiger partial charge in [0.25, 0.3) is 5.91 Å². The van der Waals surface area contributed by atoms with Gasteiger partial charge >= 0.3 is 6.18 Å². The summed E-state index contributed by atoms with van der Waals surface area (Å²) in [6.45, 7) is 1.66. The van der Waals surface area contributed by atoms with Gasteiger partial charge in [0.05, 0.1) is 5.92 Å². The highest BCUT2D eigenvalue weighted by molar-refractivity contribution is 5.92. The Labute approximate surface area is 120 Å². The van der Waals surface area contributed by atoms with E-state index in [-0.39, 0.29) is 18.7 Å². The molecule has 3 rings (SSSR count). The maximum Gasteiger partial charge on any atom is 0.393 e. The number of likely N-dealkylation sites (tertiary alicyclic amines) is 1. The summed E-state index contributed by atoms with van der Waals surface area (Å²) in [5.74, 6) is -1.22. The predicted molar refractivity (Wildman–Crippen MR) is 70.0 cm³/mol. The molecule has 116 valence electrons. The summed E-state index contributed by atoms with van der Waals surface area (Å²) in [6.07, 6.45) is -1.21. The Morgan fingerprint density at radius 1 is 1.33 bits per heavy atom. The first-order chi connectivity index (χ1) is 9.95. The fraction of sp³-hybridized carbons (Fsp3) is 0.692. The monoisotopic (exact) mass is 302 g/mol. The number of hydrogen-bond acceptors (Lipinski definition) is 3. The molecule has 1 fully saturated rings. The van der Waals surface area contributed by atoms with Crippen LogP contribution in [-0.4, -0.2) is 46.2 Å². The van der Waals surface area contributed by atoms with Crippen LogP contribution in [0.5, 0.6) is 0 Å². The molecular weight excluding hydrogens is 285 g/mol. The van der Waals surface area contributed by atoms with Crippen LogP contribution in [0.1, 0.15) is 29.8 Å². The average molecular weight is 302 g/mol. The number of aryl methyl sites for hydroxylation is 1. The number of alkyl halides is 3. The molecule has 0 saturated carbocycles. The molecule has 3 heterocycles. The molecule has 0 aromatic carbocycles. The van der Waals surface area contributed by atoms with Crippen molar-refractivity contribution in [3.05, 3.63) is 11.9 Å². The van der Waals surface area contributed by atoms with E-state index in [4.69, 9.17) is 0 Å². The Morgan fingerprint density at radius 2 is 2.14 bits per heavy atom. The molecule has 21 heavy (non-hydrogen) atoms. The number of rotatable bonds is 1. The zero-order valence-electron chi connectivity index (χ0n) is 11.5. The summed E-state index contributed by atoms with van der Waals surface area (Å²) in [4.78, 5) is 17.8. The smallest absolute Gasteiger partial charge is 0.356 e. The van der Waals surface area contributed by atoms with Crippen LogP contribution in [0, 0.1) is 5.92 Å². The third-order valence-corrected chi connectivity index (χ3v) is 4.03. The van der Waals surface area contributed by atoms with Gasteiger partial charge < -0.3 is 14.8 Å². The summed E-state index contributed by atoms with van der Waals surface area (Å²) in [6, 6.07) is 0. The number of nitrogens with one attached hydrogen (secondary N) is 1. The molecule has 1 aromatic heterocycles. The van der Waals surface area contributed by atoms with Crippen molar-refractivity contribution in [2.45, 2.75) is 32.0 Å². The molecule has 8 heteroatoms. The van der Waals surface area contributed by atoms with Crippen molar-refractivity contribution in [3.8, 4) is 0 Å². The number of nitrogens with zero attached hydrogens (tertiary/aromatic N) is 3. The van der Waals surface area contributed by atoms with Gasteiger partial charge in [-0.2, -0.15) is 13.2 Å². The molecule has 1 amide bonds. The minimum Gasteiger partial charge on any atom is -0.356 e. The molecule has 0 bridgehead atoms. The molecule has 5 nitrogen and oxygen atoms in total. The van der Waals surface area contributed by atoms with Gasteiger partial charge in [0, 0.05) is 32.4 Å². The number of anilines is 1. The fourth-order valence-electron chi connectivity index (χ4n) is 2.87. The lowest BCUT2D eigenvalue weighted by molar-refractivity contribution is -0.184. The first kappa shape index (κ1) is 14.2. The maximum atomic E-state index is 12.8. The molecule has 1 saturated heterocycles. The van der Waals surface area contributed by atoms with Gasteiger partial charge in [0.2, 0.25) is 5.95 Å². The van der Waals surface area contributed by atoms with E-state index >= 15 is 0 Å². The van der Waals surface area contributed by atoms with Gasteiger partial charge in [-0.25, -0.2) is 4.98 Å². The van der Waals surface area contributed by atoms with Gasteiger partial charge in [0.1, 0.15) is 5.69 Å². The second-order valence-electron chi connectivity index (χ2n) is 5.56. The normalized spacial score (nSPS) is 22.6. The van der Waals surface area contributed by atoms with Crippen molar-refractivity contribution in [2.75, 3.05) is 25.0 Å². The van der Waals surface area contributed by atoms with E-state index in [0.29, 0.717) is 18.9 Å². The molecule has 2 aliphatic heterocycles. The molecule has 0 radical (unpaired) electrons. The molecule has 1 N–H and O–H groups in total. The highest BCUT2D eigenvalue weighted by Crippen LogP contribution is 2.33. The van der Waals surface area contributed by atoms with Crippen LogP contribution < -0.4 is 5.32 Å². The standard InChI is InChI=1S/C13H17F3N4O/c14-13(15,16)9-3-1-5-19(7-9)11(21)10-8-20-6-2-4-17-12(20)18-10/h8-9H,1-7H2,(H,17,18). The Morgan fingerprint density at radius 3 is 2.86 bits per heavy atom. The lowest BCUT2D eigenvalue weighted by Crippen LogP contribution is -2.44. The zero-order chi connectivity index (χ0) is 15.0. The second kappa shape index (κ2) is 5.23. The molecule has 1 atom stereocenters. The van der Waals surface area contributed by atoms with Crippen molar-refractivity contribution >= 4 is 11.9 Å². The number of halogens is 3. The van der Waals surface area contributed by atoms with Gasteiger partial charge in [0.15, 0.2) is 0 Å². The first-order valence-corrected chi connectivity index (χ1v) is 7.12. The van der Waals surface area contributed by atoms with E-state index in [9.17, 15) is 18.0 Å². The van der Waals surface area contributed by atoms with E-state index < -0.39 is 18.0 Å². The van der Waals surface area contributed by atoms with Gasteiger partial charge in [-0.1, -0.05) is 0 Å². The van der Waals surface area contributed by atoms with Crippen LogP contribution in [0.25, 0.3) is 0 Å². The zero-order valence-corrected chi connectivity index (χ0v) is 11.5. The van der Waals surface area contributed by atoms with E-state index in [0.717, 1.165) is 19.5 Å². The number of carbonyl (C=O) groups is 1. The van der Waals surface area contributed by atoms with Crippen LogP contribution in [0.3, 0.4) is 0 Å². The van der Waals surface area contributed by atoms with Crippen molar-refractivity contribution in [1.82, 2.24) is 14.5 Å². The summed E-state index contributed by atoms with van der Waals surface area (Å²) >= 11 is 0. The predicted octanol–water partition coefficient (Wildman–Crippen LogP) is 2.11. The highest BCUT2D eigenvalue weighted by Gasteiger charge is 2.43. The van der Waals surface area contributed by atoms with Crippen LogP contribution in [0.2, 0.25) is 0 Å². The molecule has 0 aliphatic carbocycles. The second-order valence-corrected chi connectivity index (χ2v) is 5.56. The van der Waals surface area contributed by atoms with E-state index in [1.165, 1.54) is 4.90 Å². The third kappa shape index (κ3) is 2.84. The number of aromatic nitrogens is 2. The Bertz CT molecular complexity index is 517. The highest BCUT2D eigenvalue weighted by atomic mass is 19.4. The lowest BCUT2D eigenvalue weighted by atomic mass is 9.97. The molecular formula is C13H17F3N4O. The summed E-state index contributed by atoms with van der Waals surface area (Å²) in [7, 11) is 0. The van der Waals surface area contributed by atoms with Gasteiger partial charge in [-0.05, 0) is 19.3 Å². The average Bonchev–Trinajstić information content (AvgIpc) is 2.89. The Hall–Kier alpha value is -1.73. The quantitative estimate of drug-likeness (QED) is 0.864. The molecule has 1 unspecified atom stereocenters. The third-order valence-electron chi connectivity index (χ3n) is 4.03. The van der Waals surface area contributed by atoms with Gasteiger partial charge in [-0.3, -0.25) is 4.79 Å². The molecule has 1 aromatic rings. The molecule has 0 spiro atoms. The first-order valence-electron chi connectivity index (χ1n) is 7.12. The number of hydrogen-bond donors (Lipinski definition) is 1. The number of carbonyl (C=O) groups excluding carboxylic acids is 1.